The summed E-state index contributed by atoms with van der Waals surface area (Å²) in [6, 6.07) is 9.40. The van der Waals surface area contributed by atoms with Crippen molar-refractivity contribution < 1.29 is 28.2 Å². The molecule has 1 saturated heterocycles. The lowest BCUT2D eigenvalue weighted by Gasteiger charge is -2.15. The van der Waals surface area contributed by atoms with Crippen molar-refractivity contribution in [1.82, 2.24) is 4.90 Å². The Labute approximate surface area is 195 Å². The molecule has 0 N–H and O–H groups in total. The zero-order valence-electron chi connectivity index (χ0n) is 17.7. The quantitative estimate of drug-likeness (QED) is 0.330. The number of rotatable bonds is 10. The number of carbonyl (C=O) groups excluding carboxylic acids is 2. The zero-order valence-corrected chi connectivity index (χ0v) is 19.3. The lowest BCUT2D eigenvalue weighted by Crippen LogP contribution is -2.29. The Kier molecular flexibility index (Phi) is 8.55. The van der Waals surface area contributed by atoms with E-state index in [1.165, 1.54) is 17.0 Å². The van der Waals surface area contributed by atoms with Crippen LogP contribution in [-0.4, -0.2) is 42.9 Å². The highest BCUT2D eigenvalue weighted by molar-refractivity contribution is 8.18. The van der Waals surface area contributed by atoms with Gasteiger partial charge < -0.3 is 14.2 Å². The van der Waals surface area contributed by atoms with Crippen LogP contribution in [-0.2, 0) is 16.1 Å². The van der Waals surface area contributed by atoms with Gasteiger partial charge in [0.2, 0.25) is 0 Å². The molecule has 1 heterocycles. The van der Waals surface area contributed by atoms with Crippen molar-refractivity contribution in [3.05, 3.63) is 63.3 Å². The van der Waals surface area contributed by atoms with E-state index in [1.54, 1.807) is 37.5 Å². The SMILES string of the molecule is CCOc1cc(/C=C2/SC(=O)N(CCCOC)C2=O)cc(Cl)c1OCc1cccc(F)c1. The molecule has 0 atom stereocenters. The topological polar surface area (TPSA) is 65.1 Å². The van der Waals surface area contributed by atoms with Gasteiger partial charge in [-0.05, 0) is 66.6 Å². The summed E-state index contributed by atoms with van der Waals surface area (Å²) < 4.78 is 29.9. The van der Waals surface area contributed by atoms with Gasteiger partial charge in [-0.2, -0.15) is 0 Å². The van der Waals surface area contributed by atoms with E-state index in [9.17, 15) is 14.0 Å². The van der Waals surface area contributed by atoms with E-state index in [2.05, 4.69) is 0 Å². The highest BCUT2D eigenvalue weighted by Crippen LogP contribution is 2.39. The van der Waals surface area contributed by atoms with Crippen LogP contribution >= 0.6 is 23.4 Å². The third-order valence-electron chi connectivity index (χ3n) is 4.51. The van der Waals surface area contributed by atoms with E-state index in [-0.39, 0.29) is 28.6 Å². The van der Waals surface area contributed by atoms with Gasteiger partial charge in [0.05, 0.1) is 16.5 Å². The predicted molar refractivity (Wildman–Crippen MR) is 123 cm³/mol. The molecule has 0 spiro atoms. The van der Waals surface area contributed by atoms with E-state index < -0.39 is 0 Å². The summed E-state index contributed by atoms with van der Waals surface area (Å²) in [6.07, 6.45) is 2.17. The first kappa shape index (κ1) is 24.1. The smallest absolute Gasteiger partial charge is 0.293 e. The van der Waals surface area contributed by atoms with E-state index in [1.807, 2.05) is 6.92 Å². The lowest BCUT2D eigenvalue weighted by molar-refractivity contribution is -0.122. The van der Waals surface area contributed by atoms with Gasteiger partial charge in [-0.1, -0.05) is 23.7 Å². The minimum Gasteiger partial charge on any atom is -0.490 e. The summed E-state index contributed by atoms with van der Waals surface area (Å²) in [6.45, 7) is 3.06. The lowest BCUT2D eigenvalue weighted by atomic mass is 10.1. The van der Waals surface area contributed by atoms with Crippen LogP contribution in [0, 0.1) is 5.82 Å². The molecule has 0 bridgehead atoms. The number of nitrogens with zero attached hydrogens (tertiary/aromatic N) is 1. The third-order valence-corrected chi connectivity index (χ3v) is 5.69. The van der Waals surface area contributed by atoms with E-state index in [4.69, 9.17) is 25.8 Å². The number of hydrogen-bond acceptors (Lipinski definition) is 6. The highest BCUT2D eigenvalue weighted by Gasteiger charge is 2.34. The van der Waals surface area contributed by atoms with Crippen molar-refractivity contribution >= 4 is 40.6 Å². The summed E-state index contributed by atoms with van der Waals surface area (Å²) in [5.41, 5.74) is 1.24. The molecular formula is C23H23ClFNO5S. The molecule has 0 aromatic heterocycles. The van der Waals surface area contributed by atoms with Crippen LogP contribution in [0.1, 0.15) is 24.5 Å². The molecule has 170 valence electrons. The minimum atomic E-state index is -0.353. The van der Waals surface area contributed by atoms with Gasteiger partial charge in [-0.15, -0.1) is 0 Å². The first-order chi connectivity index (χ1) is 15.4. The Balaban J connectivity index is 1.80. The van der Waals surface area contributed by atoms with Crippen molar-refractivity contribution in [2.24, 2.45) is 0 Å². The van der Waals surface area contributed by atoms with E-state index in [0.717, 1.165) is 11.8 Å². The number of benzene rings is 2. The maximum absolute atomic E-state index is 13.4. The summed E-state index contributed by atoms with van der Waals surface area (Å²) in [7, 11) is 1.57. The predicted octanol–water partition coefficient (Wildman–Crippen LogP) is 5.53. The molecule has 1 aliphatic rings. The van der Waals surface area contributed by atoms with Crippen molar-refractivity contribution in [1.29, 1.82) is 0 Å². The van der Waals surface area contributed by atoms with Crippen molar-refractivity contribution in [2.75, 3.05) is 26.9 Å². The number of hydrogen-bond donors (Lipinski definition) is 0. The molecule has 1 aliphatic heterocycles. The zero-order chi connectivity index (χ0) is 23.1. The average Bonchev–Trinajstić information content (AvgIpc) is 3.01. The fraction of sp³-hybridized carbons (Fsp3) is 0.304. The minimum absolute atomic E-state index is 0.108. The first-order valence-corrected chi connectivity index (χ1v) is 11.2. The van der Waals surface area contributed by atoms with Gasteiger partial charge >= 0.3 is 0 Å². The third kappa shape index (κ3) is 6.03. The number of amides is 2. The number of carbonyl (C=O) groups is 2. The summed E-state index contributed by atoms with van der Waals surface area (Å²) in [5.74, 6) is 0.00920. The second kappa shape index (κ2) is 11.4. The number of imide groups is 1. The molecule has 3 rings (SSSR count). The number of ether oxygens (including phenoxy) is 3. The van der Waals surface area contributed by atoms with Crippen LogP contribution in [0.4, 0.5) is 9.18 Å². The first-order valence-electron chi connectivity index (χ1n) is 10.0. The van der Waals surface area contributed by atoms with Gasteiger partial charge in [0.15, 0.2) is 11.5 Å². The normalized spacial score (nSPS) is 15.0. The van der Waals surface area contributed by atoms with E-state index >= 15 is 0 Å². The van der Waals surface area contributed by atoms with E-state index in [0.29, 0.717) is 53.7 Å². The molecule has 2 aromatic rings. The van der Waals surface area contributed by atoms with Gasteiger partial charge in [0.25, 0.3) is 11.1 Å². The summed E-state index contributed by atoms with van der Waals surface area (Å²) in [4.78, 5) is 26.3. The Morgan fingerprint density at radius 1 is 1.19 bits per heavy atom. The summed E-state index contributed by atoms with van der Waals surface area (Å²) >= 11 is 7.32. The standard InChI is InChI=1S/C23H23ClFNO5S/c1-3-30-19-12-16(13-20-22(27)26(23(28)32-20)8-5-9-29-2)11-18(24)21(19)31-14-15-6-4-7-17(25)10-15/h4,6-7,10-13H,3,5,8-9,14H2,1-2H3/b20-13+. The molecule has 0 radical (unpaired) electrons. The second-order valence-electron chi connectivity index (χ2n) is 6.86. The summed E-state index contributed by atoms with van der Waals surface area (Å²) in [5, 5.41) is -0.0403. The van der Waals surface area contributed by atoms with Crippen LogP contribution in [0.3, 0.4) is 0 Å². The maximum atomic E-state index is 13.4. The van der Waals surface area contributed by atoms with Gasteiger partial charge in [-0.25, -0.2) is 4.39 Å². The molecule has 2 aromatic carbocycles. The van der Waals surface area contributed by atoms with Crippen LogP contribution in [0.5, 0.6) is 11.5 Å². The highest BCUT2D eigenvalue weighted by atomic mass is 35.5. The van der Waals surface area contributed by atoms with Crippen molar-refractivity contribution in [3.63, 3.8) is 0 Å². The monoisotopic (exact) mass is 479 g/mol. The Morgan fingerprint density at radius 2 is 2.00 bits per heavy atom. The van der Waals surface area contributed by atoms with Gasteiger partial charge in [0, 0.05) is 20.3 Å². The molecule has 9 heteroatoms. The van der Waals surface area contributed by atoms with Gasteiger partial charge in [0.1, 0.15) is 12.4 Å². The Hall–Kier alpha value is -2.55. The molecule has 0 saturated carbocycles. The average molecular weight is 480 g/mol. The molecular weight excluding hydrogens is 457 g/mol. The van der Waals surface area contributed by atoms with Crippen LogP contribution in [0.2, 0.25) is 5.02 Å². The molecule has 0 unspecified atom stereocenters. The van der Waals surface area contributed by atoms with Crippen molar-refractivity contribution in [3.8, 4) is 11.5 Å². The molecule has 0 aliphatic carbocycles. The molecule has 32 heavy (non-hydrogen) atoms. The molecule has 6 nitrogen and oxygen atoms in total. The maximum Gasteiger partial charge on any atom is 0.293 e. The van der Waals surface area contributed by atoms with Crippen LogP contribution in [0.15, 0.2) is 41.3 Å². The number of methoxy groups -OCH3 is 1. The van der Waals surface area contributed by atoms with Crippen molar-refractivity contribution in [2.45, 2.75) is 20.0 Å². The fourth-order valence-electron chi connectivity index (χ4n) is 3.07. The Morgan fingerprint density at radius 3 is 2.72 bits per heavy atom. The van der Waals surface area contributed by atoms with Gasteiger partial charge in [-0.3, -0.25) is 14.5 Å². The van der Waals surface area contributed by atoms with Crippen LogP contribution in [0.25, 0.3) is 6.08 Å². The Bertz CT molecular complexity index is 1030. The largest absolute Gasteiger partial charge is 0.490 e. The van der Waals surface area contributed by atoms with Crippen LogP contribution < -0.4 is 9.47 Å². The second-order valence-corrected chi connectivity index (χ2v) is 8.26. The number of thioether (sulfide) groups is 1. The fourth-order valence-corrected chi connectivity index (χ4v) is 4.21. The number of halogens is 2. The molecule has 2 amide bonds. The molecule has 1 fully saturated rings.